The van der Waals surface area contributed by atoms with Gasteiger partial charge in [-0.15, -0.1) is 0 Å². The topological polar surface area (TPSA) is 40.6 Å². The van der Waals surface area contributed by atoms with Crippen LogP contribution < -0.4 is 10.3 Å². The normalized spacial score (nSPS) is 21.1. The van der Waals surface area contributed by atoms with Gasteiger partial charge in [-0.25, -0.2) is 4.98 Å². The third kappa shape index (κ3) is 2.35. The van der Waals surface area contributed by atoms with Crippen LogP contribution in [-0.4, -0.2) is 30.4 Å². The predicted octanol–water partition coefficient (Wildman–Crippen LogP) is 2.04. The molecular weight excluding hydrogens is 252 g/mol. The summed E-state index contributed by atoms with van der Waals surface area (Å²) in [6.45, 7) is 7.98. The zero-order chi connectivity index (χ0) is 13.6. The van der Waals surface area contributed by atoms with E-state index in [1.807, 2.05) is 27.7 Å². The number of methoxy groups -OCH3 is 1. The minimum atomic E-state index is -0.525. The van der Waals surface area contributed by atoms with Gasteiger partial charge in [0.05, 0.1) is 23.9 Å². The number of hydrogen-bond donors (Lipinski definition) is 0. The van der Waals surface area contributed by atoms with E-state index in [0.29, 0.717) is 16.5 Å². The van der Waals surface area contributed by atoms with Gasteiger partial charge in [-0.05, 0) is 33.8 Å². The van der Waals surface area contributed by atoms with Crippen molar-refractivity contribution in [1.29, 1.82) is 0 Å². The lowest BCUT2D eigenvalue weighted by Gasteiger charge is -2.32. The molecule has 0 N–H and O–H groups in total. The van der Waals surface area contributed by atoms with E-state index in [4.69, 9.17) is 25.6 Å². The lowest BCUT2D eigenvalue weighted by molar-refractivity contribution is 0.00578. The molecule has 18 heavy (non-hydrogen) atoms. The third-order valence-electron chi connectivity index (χ3n) is 3.52. The Morgan fingerprint density at radius 3 is 2.22 bits per heavy atom. The molecule has 0 aromatic carbocycles. The Labute approximate surface area is 113 Å². The zero-order valence-corrected chi connectivity index (χ0v) is 12.0. The SMILES string of the molecule is COc1cc(Cl)nc(B2OC(C)(C)C(C)(C)O2)c1. The van der Waals surface area contributed by atoms with E-state index in [2.05, 4.69) is 4.98 Å². The zero-order valence-electron chi connectivity index (χ0n) is 11.3. The molecule has 4 nitrogen and oxygen atoms in total. The molecule has 0 atom stereocenters. The van der Waals surface area contributed by atoms with Crippen molar-refractivity contribution < 1.29 is 14.0 Å². The molecule has 1 aromatic rings. The Bertz CT molecular complexity index is 449. The molecular formula is C12H17BClNO3. The first-order valence-corrected chi connectivity index (χ1v) is 6.20. The van der Waals surface area contributed by atoms with Crippen LogP contribution >= 0.6 is 11.6 Å². The number of aromatic nitrogens is 1. The molecule has 0 bridgehead atoms. The average Bonchev–Trinajstić information content (AvgIpc) is 2.47. The first kappa shape index (κ1) is 13.7. The van der Waals surface area contributed by atoms with Gasteiger partial charge >= 0.3 is 7.12 Å². The fourth-order valence-corrected chi connectivity index (χ4v) is 1.90. The van der Waals surface area contributed by atoms with E-state index >= 15 is 0 Å². The number of rotatable bonds is 2. The van der Waals surface area contributed by atoms with E-state index in [9.17, 15) is 0 Å². The Hall–Kier alpha value is -0.775. The number of halogens is 1. The van der Waals surface area contributed by atoms with Crippen molar-refractivity contribution in [1.82, 2.24) is 4.98 Å². The molecule has 0 radical (unpaired) electrons. The van der Waals surface area contributed by atoms with Crippen molar-refractivity contribution in [2.24, 2.45) is 0 Å². The van der Waals surface area contributed by atoms with Gasteiger partial charge in [0.1, 0.15) is 10.9 Å². The fourth-order valence-electron chi connectivity index (χ4n) is 1.70. The number of nitrogens with zero attached hydrogens (tertiary/aromatic N) is 1. The molecule has 1 aliphatic rings. The van der Waals surface area contributed by atoms with Gasteiger partial charge in [0, 0.05) is 6.07 Å². The van der Waals surface area contributed by atoms with Crippen LogP contribution in [0.15, 0.2) is 12.1 Å². The largest absolute Gasteiger partial charge is 0.514 e. The van der Waals surface area contributed by atoms with Gasteiger partial charge in [-0.1, -0.05) is 11.6 Å². The smallest absolute Gasteiger partial charge is 0.497 e. The van der Waals surface area contributed by atoms with Crippen molar-refractivity contribution in [3.05, 3.63) is 17.3 Å². The monoisotopic (exact) mass is 269 g/mol. The van der Waals surface area contributed by atoms with Gasteiger partial charge in [0.25, 0.3) is 0 Å². The highest BCUT2D eigenvalue weighted by Crippen LogP contribution is 2.36. The minimum Gasteiger partial charge on any atom is -0.497 e. The number of pyridine rings is 1. The summed E-state index contributed by atoms with van der Waals surface area (Å²) in [5.41, 5.74) is -0.165. The number of hydrogen-bond acceptors (Lipinski definition) is 4. The second-order valence-electron chi connectivity index (χ2n) is 5.34. The molecule has 0 unspecified atom stereocenters. The highest BCUT2D eigenvalue weighted by molar-refractivity contribution is 6.61. The lowest BCUT2D eigenvalue weighted by Crippen LogP contribution is -2.41. The minimum absolute atomic E-state index is 0.360. The second-order valence-corrected chi connectivity index (χ2v) is 5.73. The van der Waals surface area contributed by atoms with Crippen LogP contribution in [0.25, 0.3) is 0 Å². The van der Waals surface area contributed by atoms with Crippen molar-refractivity contribution in [2.75, 3.05) is 7.11 Å². The second kappa shape index (κ2) is 4.40. The third-order valence-corrected chi connectivity index (χ3v) is 3.71. The van der Waals surface area contributed by atoms with Crippen molar-refractivity contribution in [3.63, 3.8) is 0 Å². The van der Waals surface area contributed by atoms with Crippen LogP contribution in [0, 0.1) is 0 Å². The van der Waals surface area contributed by atoms with Crippen molar-refractivity contribution in [3.8, 4) is 5.75 Å². The highest BCUT2D eigenvalue weighted by Gasteiger charge is 2.52. The summed E-state index contributed by atoms with van der Waals surface area (Å²) in [7, 11) is 1.06. The van der Waals surface area contributed by atoms with Crippen molar-refractivity contribution >= 4 is 24.3 Å². The maximum atomic E-state index is 5.95. The summed E-state index contributed by atoms with van der Waals surface area (Å²) < 4.78 is 17.0. The van der Waals surface area contributed by atoms with Crippen LogP contribution in [0.2, 0.25) is 5.15 Å². The highest BCUT2D eigenvalue weighted by atomic mass is 35.5. The Morgan fingerprint density at radius 2 is 1.72 bits per heavy atom. The van der Waals surface area contributed by atoms with Crippen molar-refractivity contribution in [2.45, 2.75) is 38.9 Å². The molecule has 6 heteroatoms. The molecule has 1 saturated heterocycles. The molecule has 0 amide bonds. The standard InChI is InChI=1S/C12H17BClNO3/c1-11(2)12(3,4)18-13(17-11)9-6-8(16-5)7-10(14)15-9/h6-7H,1-5H3. The first-order chi connectivity index (χ1) is 8.25. The molecule has 1 fully saturated rings. The van der Waals surface area contributed by atoms with Gasteiger partial charge in [0.2, 0.25) is 0 Å². The molecule has 0 saturated carbocycles. The van der Waals surface area contributed by atoms with Crippen LogP contribution in [0.4, 0.5) is 0 Å². The predicted molar refractivity (Wildman–Crippen MR) is 71.5 cm³/mol. The lowest BCUT2D eigenvalue weighted by atomic mass is 9.84. The average molecular weight is 270 g/mol. The summed E-state index contributed by atoms with van der Waals surface area (Å²) in [5, 5.41) is 0.360. The Kier molecular flexibility index (Phi) is 3.34. The van der Waals surface area contributed by atoms with Gasteiger partial charge in [-0.3, -0.25) is 0 Å². The molecule has 1 aromatic heterocycles. The van der Waals surface area contributed by atoms with E-state index < -0.39 is 18.3 Å². The van der Waals surface area contributed by atoms with Crippen LogP contribution in [-0.2, 0) is 9.31 Å². The summed E-state index contributed by atoms with van der Waals surface area (Å²) in [4.78, 5) is 4.23. The maximum absolute atomic E-state index is 5.95. The van der Waals surface area contributed by atoms with Gasteiger partial charge in [-0.2, -0.15) is 0 Å². The van der Waals surface area contributed by atoms with Gasteiger partial charge < -0.3 is 14.0 Å². The molecule has 0 aliphatic carbocycles. The van der Waals surface area contributed by atoms with E-state index in [0.717, 1.165) is 0 Å². The molecule has 2 heterocycles. The molecule has 98 valence electrons. The van der Waals surface area contributed by atoms with E-state index in [1.54, 1.807) is 19.2 Å². The molecule has 1 aliphatic heterocycles. The number of ether oxygens (including phenoxy) is 1. The first-order valence-electron chi connectivity index (χ1n) is 5.82. The van der Waals surface area contributed by atoms with Crippen LogP contribution in [0.3, 0.4) is 0 Å². The Morgan fingerprint density at radius 1 is 1.17 bits per heavy atom. The summed E-state index contributed by atoms with van der Waals surface area (Å²) in [6.07, 6.45) is 0. The maximum Gasteiger partial charge on any atom is 0.514 e. The molecule has 2 rings (SSSR count). The summed E-state index contributed by atoms with van der Waals surface area (Å²) in [5.74, 6) is 0.639. The summed E-state index contributed by atoms with van der Waals surface area (Å²) in [6, 6.07) is 3.42. The fraction of sp³-hybridized carbons (Fsp3) is 0.583. The van der Waals surface area contributed by atoms with Crippen LogP contribution in [0.5, 0.6) is 5.75 Å². The van der Waals surface area contributed by atoms with E-state index in [-0.39, 0.29) is 0 Å². The molecule has 0 spiro atoms. The Balaban J connectivity index is 2.32. The van der Waals surface area contributed by atoms with Gasteiger partial charge in [0.15, 0.2) is 0 Å². The van der Waals surface area contributed by atoms with E-state index in [1.165, 1.54) is 0 Å². The summed E-state index contributed by atoms with van der Waals surface area (Å²) >= 11 is 5.95. The van der Waals surface area contributed by atoms with Crippen LogP contribution in [0.1, 0.15) is 27.7 Å². The quantitative estimate of drug-likeness (QED) is 0.608.